The number of likely N-dealkylation sites (tertiary alicyclic amines) is 1. The maximum atomic E-state index is 2.63. The van der Waals surface area contributed by atoms with Gasteiger partial charge in [-0.3, -0.25) is 4.90 Å². The van der Waals surface area contributed by atoms with Crippen LogP contribution in [0.1, 0.15) is 49.3 Å². The van der Waals surface area contributed by atoms with E-state index in [0.29, 0.717) is 6.04 Å². The Morgan fingerprint density at radius 2 is 1.59 bits per heavy atom. The van der Waals surface area contributed by atoms with E-state index >= 15 is 0 Å². The average Bonchev–Trinajstić information content (AvgIpc) is 2.58. The molecule has 1 aliphatic heterocycles. The number of piperidine rings is 1. The first-order valence-corrected chi connectivity index (χ1v) is 8.65. The highest BCUT2D eigenvalue weighted by Gasteiger charge is 2.27. The standard InChI is InChI=1S/C21H27N/c1-22-20(15-8-12-18-10-4-2-5-11-18)16-9-17-21(22)19-13-6-3-7-14-19/h2-7,10-11,13-14,20-21H,8-9,12,15-17H2,1H3/t20-,21-/m0/s1. The van der Waals surface area contributed by atoms with E-state index in [2.05, 4.69) is 72.6 Å². The Bertz CT molecular complexity index is 549. The molecule has 0 N–H and O–H groups in total. The predicted molar refractivity (Wildman–Crippen MR) is 94.0 cm³/mol. The van der Waals surface area contributed by atoms with Gasteiger partial charge in [0.25, 0.3) is 0 Å². The molecule has 0 saturated carbocycles. The first kappa shape index (κ1) is 15.3. The van der Waals surface area contributed by atoms with E-state index in [1.807, 2.05) is 0 Å². The van der Waals surface area contributed by atoms with Crippen molar-refractivity contribution in [2.45, 2.75) is 50.6 Å². The molecule has 1 heterocycles. The Kier molecular flexibility index (Phi) is 5.29. The van der Waals surface area contributed by atoms with Crippen molar-refractivity contribution in [3.05, 3.63) is 71.8 Å². The van der Waals surface area contributed by atoms with Gasteiger partial charge in [0.1, 0.15) is 0 Å². The molecule has 3 rings (SSSR count). The van der Waals surface area contributed by atoms with Crippen LogP contribution in [0.25, 0.3) is 0 Å². The zero-order chi connectivity index (χ0) is 15.2. The first-order valence-electron chi connectivity index (χ1n) is 8.65. The zero-order valence-corrected chi connectivity index (χ0v) is 13.6. The van der Waals surface area contributed by atoms with E-state index < -0.39 is 0 Å². The number of benzene rings is 2. The van der Waals surface area contributed by atoms with Gasteiger partial charge in [-0.05, 0) is 56.7 Å². The predicted octanol–water partition coefficient (Wildman–Crippen LogP) is 5.23. The van der Waals surface area contributed by atoms with Crippen molar-refractivity contribution >= 4 is 0 Å². The SMILES string of the molecule is CN1[C@@H](CCCc2ccccc2)CCC[C@H]1c1ccccc1. The lowest BCUT2D eigenvalue weighted by Crippen LogP contribution is -2.38. The van der Waals surface area contributed by atoms with Crippen LogP contribution in [0.5, 0.6) is 0 Å². The Morgan fingerprint density at radius 1 is 0.909 bits per heavy atom. The third kappa shape index (κ3) is 3.78. The number of nitrogens with zero attached hydrogens (tertiary/aromatic N) is 1. The van der Waals surface area contributed by atoms with Crippen LogP contribution in [0.3, 0.4) is 0 Å². The van der Waals surface area contributed by atoms with E-state index in [1.54, 1.807) is 0 Å². The van der Waals surface area contributed by atoms with Crippen molar-refractivity contribution in [1.29, 1.82) is 0 Å². The third-order valence-corrected chi connectivity index (χ3v) is 5.11. The summed E-state index contributed by atoms with van der Waals surface area (Å²) in [7, 11) is 2.32. The Hall–Kier alpha value is -1.60. The summed E-state index contributed by atoms with van der Waals surface area (Å²) in [5.41, 5.74) is 2.96. The smallest absolute Gasteiger partial charge is 0.0348 e. The third-order valence-electron chi connectivity index (χ3n) is 5.11. The van der Waals surface area contributed by atoms with Crippen LogP contribution in [0.15, 0.2) is 60.7 Å². The fraction of sp³-hybridized carbons (Fsp3) is 0.429. The van der Waals surface area contributed by atoms with E-state index in [1.165, 1.54) is 49.7 Å². The normalized spacial score (nSPS) is 22.6. The summed E-state index contributed by atoms with van der Waals surface area (Å²) >= 11 is 0. The quantitative estimate of drug-likeness (QED) is 0.729. The summed E-state index contributed by atoms with van der Waals surface area (Å²) in [6.07, 6.45) is 7.83. The van der Waals surface area contributed by atoms with Gasteiger partial charge in [-0.25, -0.2) is 0 Å². The molecular formula is C21H27N. The van der Waals surface area contributed by atoms with Crippen LogP contribution in [0, 0.1) is 0 Å². The van der Waals surface area contributed by atoms with Crippen LogP contribution in [-0.2, 0) is 6.42 Å². The minimum absolute atomic E-state index is 0.608. The lowest BCUT2D eigenvalue weighted by atomic mass is 9.89. The molecule has 2 aromatic rings. The van der Waals surface area contributed by atoms with Crippen LogP contribution in [0.2, 0.25) is 0 Å². The fourth-order valence-electron chi connectivity index (χ4n) is 3.82. The van der Waals surface area contributed by atoms with Crippen molar-refractivity contribution in [1.82, 2.24) is 4.90 Å². The van der Waals surface area contributed by atoms with Gasteiger partial charge in [0, 0.05) is 12.1 Å². The minimum atomic E-state index is 0.608. The van der Waals surface area contributed by atoms with Gasteiger partial charge in [0.05, 0.1) is 0 Å². The van der Waals surface area contributed by atoms with Gasteiger partial charge in [-0.1, -0.05) is 60.7 Å². The van der Waals surface area contributed by atoms with Crippen molar-refractivity contribution < 1.29 is 0 Å². The Morgan fingerprint density at radius 3 is 2.32 bits per heavy atom. The maximum Gasteiger partial charge on any atom is 0.0348 e. The number of rotatable bonds is 5. The lowest BCUT2D eigenvalue weighted by Gasteiger charge is -2.40. The molecule has 0 amide bonds. The van der Waals surface area contributed by atoms with E-state index in [9.17, 15) is 0 Å². The molecule has 0 radical (unpaired) electrons. The lowest BCUT2D eigenvalue weighted by molar-refractivity contribution is 0.107. The molecule has 1 aliphatic rings. The van der Waals surface area contributed by atoms with E-state index in [-0.39, 0.29) is 0 Å². The Labute approximate surface area is 135 Å². The van der Waals surface area contributed by atoms with Gasteiger partial charge < -0.3 is 0 Å². The first-order chi connectivity index (χ1) is 10.8. The highest BCUT2D eigenvalue weighted by atomic mass is 15.2. The summed E-state index contributed by atoms with van der Waals surface area (Å²) in [6, 6.07) is 23.3. The van der Waals surface area contributed by atoms with Crippen LogP contribution in [0.4, 0.5) is 0 Å². The summed E-state index contributed by atoms with van der Waals surface area (Å²) < 4.78 is 0. The number of hydrogen-bond acceptors (Lipinski definition) is 1. The van der Waals surface area contributed by atoms with Crippen molar-refractivity contribution in [3.63, 3.8) is 0 Å². The molecule has 1 heteroatoms. The van der Waals surface area contributed by atoms with Crippen LogP contribution >= 0.6 is 0 Å². The van der Waals surface area contributed by atoms with Crippen LogP contribution in [-0.4, -0.2) is 18.0 Å². The second-order valence-corrected chi connectivity index (χ2v) is 6.55. The topological polar surface area (TPSA) is 3.24 Å². The van der Waals surface area contributed by atoms with E-state index in [0.717, 1.165) is 6.04 Å². The minimum Gasteiger partial charge on any atom is -0.296 e. The summed E-state index contributed by atoms with van der Waals surface area (Å²) in [6.45, 7) is 0. The summed E-state index contributed by atoms with van der Waals surface area (Å²) in [5, 5.41) is 0. The molecule has 0 unspecified atom stereocenters. The van der Waals surface area contributed by atoms with Crippen molar-refractivity contribution in [3.8, 4) is 0 Å². The fourth-order valence-corrected chi connectivity index (χ4v) is 3.82. The molecule has 116 valence electrons. The van der Waals surface area contributed by atoms with Gasteiger partial charge in [0.15, 0.2) is 0 Å². The van der Waals surface area contributed by atoms with Gasteiger partial charge >= 0.3 is 0 Å². The summed E-state index contributed by atoms with van der Waals surface area (Å²) in [5.74, 6) is 0. The molecule has 0 bridgehead atoms. The molecule has 22 heavy (non-hydrogen) atoms. The highest BCUT2D eigenvalue weighted by Crippen LogP contribution is 2.34. The van der Waals surface area contributed by atoms with Crippen molar-refractivity contribution in [2.75, 3.05) is 7.05 Å². The molecule has 1 nitrogen and oxygen atoms in total. The monoisotopic (exact) mass is 293 g/mol. The van der Waals surface area contributed by atoms with Crippen molar-refractivity contribution in [2.24, 2.45) is 0 Å². The number of aryl methyl sites for hydroxylation is 1. The molecule has 1 saturated heterocycles. The molecule has 1 fully saturated rings. The molecule has 2 atom stereocenters. The molecule has 2 aromatic carbocycles. The maximum absolute atomic E-state index is 2.63. The zero-order valence-electron chi connectivity index (χ0n) is 13.6. The molecule has 0 spiro atoms. The van der Waals surface area contributed by atoms with Gasteiger partial charge in [-0.15, -0.1) is 0 Å². The second kappa shape index (κ2) is 7.60. The second-order valence-electron chi connectivity index (χ2n) is 6.55. The summed E-state index contributed by atoms with van der Waals surface area (Å²) in [4.78, 5) is 2.63. The van der Waals surface area contributed by atoms with Gasteiger partial charge in [-0.2, -0.15) is 0 Å². The van der Waals surface area contributed by atoms with E-state index in [4.69, 9.17) is 0 Å². The molecule has 0 aromatic heterocycles. The molecule has 0 aliphatic carbocycles. The average molecular weight is 293 g/mol. The number of hydrogen-bond donors (Lipinski definition) is 0. The molecular weight excluding hydrogens is 266 g/mol. The Balaban J connectivity index is 1.55. The largest absolute Gasteiger partial charge is 0.296 e. The van der Waals surface area contributed by atoms with Crippen LogP contribution < -0.4 is 0 Å². The van der Waals surface area contributed by atoms with Gasteiger partial charge in [0.2, 0.25) is 0 Å². The highest BCUT2D eigenvalue weighted by molar-refractivity contribution is 5.20.